The molecular weight excluding hydrogens is 370 g/mol. The van der Waals surface area contributed by atoms with Crippen LogP contribution in [0, 0.1) is 19.8 Å². The molecule has 3 rings (SSSR count). The van der Waals surface area contributed by atoms with E-state index in [0.29, 0.717) is 5.92 Å². The SMILES string of the molecule is CCC(C)C=C(C=CC(C)NC(=O)c1ccccc1C)c1c(C)oc2c1CCCC2. The van der Waals surface area contributed by atoms with Crippen molar-refractivity contribution in [1.29, 1.82) is 0 Å². The number of hydrogen-bond acceptors (Lipinski definition) is 2. The molecule has 2 atom stereocenters. The summed E-state index contributed by atoms with van der Waals surface area (Å²) >= 11 is 0. The summed E-state index contributed by atoms with van der Waals surface area (Å²) in [5, 5.41) is 3.11. The third-order valence-electron chi connectivity index (χ3n) is 6.06. The Hall–Kier alpha value is -2.55. The topological polar surface area (TPSA) is 42.2 Å². The maximum Gasteiger partial charge on any atom is 0.251 e. The summed E-state index contributed by atoms with van der Waals surface area (Å²) in [6.45, 7) is 10.5. The number of amides is 1. The summed E-state index contributed by atoms with van der Waals surface area (Å²) in [6.07, 6.45) is 12.3. The van der Waals surface area contributed by atoms with Crippen LogP contribution in [0.3, 0.4) is 0 Å². The van der Waals surface area contributed by atoms with E-state index in [1.807, 2.05) is 38.1 Å². The van der Waals surface area contributed by atoms with E-state index in [1.54, 1.807) is 0 Å². The first-order valence-corrected chi connectivity index (χ1v) is 11.3. The van der Waals surface area contributed by atoms with Gasteiger partial charge in [0, 0.05) is 29.2 Å². The van der Waals surface area contributed by atoms with E-state index in [1.165, 1.54) is 29.5 Å². The van der Waals surface area contributed by atoms with Crippen LogP contribution in [0.4, 0.5) is 0 Å². The fourth-order valence-corrected chi connectivity index (χ4v) is 4.14. The van der Waals surface area contributed by atoms with Crippen molar-refractivity contribution in [3.05, 3.63) is 76.3 Å². The zero-order chi connectivity index (χ0) is 21.7. The Balaban J connectivity index is 1.83. The van der Waals surface area contributed by atoms with Gasteiger partial charge in [0.25, 0.3) is 5.91 Å². The van der Waals surface area contributed by atoms with E-state index in [0.717, 1.165) is 41.9 Å². The highest BCUT2D eigenvalue weighted by Gasteiger charge is 2.22. The van der Waals surface area contributed by atoms with Crippen LogP contribution in [0.1, 0.15) is 78.6 Å². The molecule has 1 amide bonds. The second-order valence-corrected chi connectivity index (χ2v) is 8.59. The molecule has 0 bridgehead atoms. The van der Waals surface area contributed by atoms with Gasteiger partial charge in [-0.15, -0.1) is 0 Å². The third kappa shape index (κ3) is 5.13. The van der Waals surface area contributed by atoms with Gasteiger partial charge in [-0.25, -0.2) is 0 Å². The molecule has 0 saturated heterocycles. The molecule has 1 heterocycles. The van der Waals surface area contributed by atoms with Crippen molar-refractivity contribution in [1.82, 2.24) is 5.32 Å². The molecule has 1 aliphatic carbocycles. The lowest BCUT2D eigenvalue weighted by atomic mass is 9.89. The van der Waals surface area contributed by atoms with E-state index in [-0.39, 0.29) is 11.9 Å². The Kier molecular flexibility index (Phi) is 7.36. The molecule has 0 saturated carbocycles. The fraction of sp³-hybridized carbons (Fsp3) is 0.444. The minimum absolute atomic E-state index is 0.0328. The molecule has 3 heteroatoms. The van der Waals surface area contributed by atoms with Crippen molar-refractivity contribution in [2.45, 2.75) is 72.8 Å². The van der Waals surface area contributed by atoms with Crippen LogP contribution in [0.25, 0.3) is 5.57 Å². The quantitative estimate of drug-likeness (QED) is 0.529. The van der Waals surface area contributed by atoms with Gasteiger partial charge in [-0.2, -0.15) is 0 Å². The highest BCUT2D eigenvalue weighted by atomic mass is 16.3. The number of hydrogen-bond donors (Lipinski definition) is 1. The van der Waals surface area contributed by atoms with Gasteiger partial charge in [-0.3, -0.25) is 4.79 Å². The molecule has 1 aromatic heterocycles. The van der Waals surface area contributed by atoms with Crippen LogP contribution in [-0.4, -0.2) is 11.9 Å². The molecule has 0 spiro atoms. The van der Waals surface area contributed by atoms with E-state index < -0.39 is 0 Å². The largest absolute Gasteiger partial charge is 0.465 e. The minimum atomic E-state index is -0.0690. The normalized spacial score (nSPS) is 16.4. The summed E-state index contributed by atoms with van der Waals surface area (Å²) in [5.74, 6) is 2.63. The number of rotatable bonds is 7. The number of fused-ring (bicyclic) bond motifs is 1. The Morgan fingerprint density at radius 1 is 1.17 bits per heavy atom. The maximum absolute atomic E-state index is 12.6. The Bertz CT molecular complexity index is 948. The summed E-state index contributed by atoms with van der Waals surface area (Å²) in [6, 6.07) is 7.62. The Labute approximate surface area is 181 Å². The zero-order valence-corrected chi connectivity index (χ0v) is 19.0. The fourth-order valence-electron chi connectivity index (χ4n) is 4.14. The number of allylic oxidation sites excluding steroid dienone is 3. The molecular formula is C27H35NO2. The number of furan rings is 1. The van der Waals surface area contributed by atoms with Crippen molar-refractivity contribution < 1.29 is 9.21 Å². The third-order valence-corrected chi connectivity index (χ3v) is 6.06. The molecule has 1 aromatic carbocycles. The molecule has 1 aliphatic rings. The zero-order valence-electron chi connectivity index (χ0n) is 19.0. The summed E-state index contributed by atoms with van der Waals surface area (Å²) in [5.41, 5.74) is 5.58. The lowest BCUT2D eigenvalue weighted by Gasteiger charge is -2.14. The second kappa shape index (κ2) is 9.97. The molecule has 3 nitrogen and oxygen atoms in total. The van der Waals surface area contributed by atoms with Gasteiger partial charge in [0.15, 0.2) is 0 Å². The number of aryl methyl sites for hydroxylation is 3. The highest BCUT2D eigenvalue weighted by molar-refractivity contribution is 5.95. The van der Waals surface area contributed by atoms with Gasteiger partial charge in [-0.1, -0.05) is 56.7 Å². The van der Waals surface area contributed by atoms with Crippen molar-refractivity contribution >= 4 is 11.5 Å². The molecule has 2 unspecified atom stereocenters. The average Bonchev–Trinajstić information content (AvgIpc) is 3.06. The van der Waals surface area contributed by atoms with Crippen LogP contribution in [0.2, 0.25) is 0 Å². The van der Waals surface area contributed by atoms with E-state index >= 15 is 0 Å². The predicted molar refractivity (Wildman–Crippen MR) is 125 cm³/mol. The van der Waals surface area contributed by atoms with Crippen molar-refractivity contribution in [3.63, 3.8) is 0 Å². The number of carbonyl (C=O) groups is 1. The van der Waals surface area contributed by atoms with Gasteiger partial charge in [0.1, 0.15) is 11.5 Å². The van der Waals surface area contributed by atoms with Gasteiger partial charge in [-0.05, 0) is 63.2 Å². The number of carbonyl (C=O) groups excluding carboxylic acids is 1. The van der Waals surface area contributed by atoms with E-state index in [2.05, 4.69) is 44.3 Å². The predicted octanol–water partition coefficient (Wildman–Crippen LogP) is 6.58. The van der Waals surface area contributed by atoms with Crippen molar-refractivity contribution in [3.8, 4) is 0 Å². The van der Waals surface area contributed by atoms with Gasteiger partial charge < -0.3 is 9.73 Å². The number of benzene rings is 1. The molecule has 0 aliphatic heterocycles. The molecule has 1 N–H and O–H groups in total. The van der Waals surface area contributed by atoms with Crippen LogP contribution < -0.4 is 5.32 Å². The maximum atomic E-state index is 12.6. The standard InChI is InChI=1S/C27H35NO2/c1-6-18(2)17-22(26-21(5)30-25-14-10-9-13-24(25)26)16-15-20(4)28-27(29)23-12-8-7-11-19(23)3/h7-8,11-12,15-18,20H,6,9-10,13-14H2,1-5H3,(H,28,29). The summed E-state index contributed by atoms with van der Waals surface area (Å²) in [7, 11) is 0. The van der Waals surface area contributed by atoms with Gasteiger partial charge >= 0.3 is 0 Å². The van der Waals surface area contributed by atoms with Gasteiger partial charge in [0.2, 0.25) is 0 Å². The van der Waals surface area contributed by atoms with E-state index in [4.69, 9.17) is 4.42 Å². The molecule has 160 valence electrons. The number of nitrogens with one attached hydrogen (secondary N) is 1. The lowest BCUT2D eigenvalue weighted by molar-refractivity contribution is 0.0946. The molecule has 0 fully saturated rings. The molecule has 2 aromatic rings. The molecule has 0 radical (unpaired) electrons. The second-order valence-electron chi connectivity index (χ2n) is 8.59. The van der Waals surface area contributed by atoms with Crippen molar-refractivity contribution in [2.24, 2.45) is 5.92 Å². The van der Waals surface area contributed by atoms with Crippen LogP contribution in [0.15, 0.2) is 46.9 Å². The first-order valence-electron chi connectivity index (χ1n) is 11.3. The van der Waals surface area contributed by atoms with Gasteiger partial charge in [0.05, 0.1) is 0 Å². The lowest BCUT2D eigenvalue weighted by Crippen LogP contribution is -2.31. The Morgan fingerprint density at radius 2 is 1.90 bits per heavy atom. The van der Waals surface area contributed by atoms with Crippen LogP contribution in [-0.2, 0) is 12.8 Å². The van der Waals surface area contributed by atoms with Crippen LogP contribution in [0.5, 0.6) is 0 Å². The first-order chi connectivity index (χ1) is 14.4. The van der Waals surface area contributed by atoms with Crippen molar-refractivity contribution in [2.75, 3.05) is 0 Å². The smallest absolute Gasteiger partial charge is 0.251 e. The first kappa shape index (κ1) is 22.1. The van der Waals surface area contributed by atoms with E-state index in [9.17, 15) is 4.79 Å². The average molecular weight is 406 g/mol. The minimum Gasteiger partial charge on any atom is -0.465 e. The monoisotopic (exact) mass is 405 g/mol. The van der Waals surface area contributed by atoms with Crippen LogP contribution >= 0.6 is 0 Å². The summed E-state index contributed by atoms with van der Waals surface area (Å²) in [4.78, 5) is 12.6. The Morgan fingerprint density at radius 3 is 2.63 bits per heavy atom. The highest BCUT2D eigenvalue weighted by Crippen LogP contribution is 2.35. The summed E-state index contributed by atoms with van der Waals surface area (Å²) < 4.78 is 6.13. The molecule has 30 heavy (non-hydrogen) atoms.